The van der Waals surface area contributed by atoms with Gasteiger partial charge in [-0.3, -0.25) is 4.79 Å². The summed E-state index contributed by atoms with van der Waals surface area (Å²) in [5.41, 5.74) is 0. The molecule has 0 atom stereocenters. The van der Waals surface area contributed by atoms with Gasteiger partial charge in [-0.05, 0) is 12.8 Å². The van der Waals surface area contributed by atoms with Crippen molar-refractivity contribution in [2.45, 2.75) is 129 Å². The maximum atomic E-state index is 10.3. The third kappa shape index (κ3) is 27.4. The number of aliphatic hydroxyl groups is 2. The SMILES string of the molecule is CCCCCCCCCCCCCCCCCC(=O)O.CCCC[N+](C)(CCO)CCO. The van der Waals surface area contributed by atoms with E-state index in [1.165, 1.54) is 89.9 Å². The fraction of sp³-hybridized carbons (Fsp3) is 0.963. The molecule has 5 nitrogen and oxygen atoms in total. The van der Waals surface area contributed by atoms with Crippen LogP contribution in [0.5, 0.6) is 0 Å². The minimum atomic E-state index is -0.653. The summed E-state index contributed by atoms with van der Waals surface area (Å²) in [6, 6.07) is 0. The lowest BCUT2D eigenvalue weighted by atomic mass is 10.0. The molecule has 0 fully saturated rings. The number of hydrogen-bond acceptors (Lipinski definition) is 3. The third-order valence-corrected chi connectivity index (χ3v) is 6.33. The van der Waals surface area contributed by atoms with Crippen molar-refractivity contribution in [3.05, 3.63) is 0 Å². The zero-order valence-electron chi connectivity index (χ0n) is 22.0. The second-order valence-corrected chi connectivity index (χ2v) is 9.68. The van der Waals surface area contributed by atoms with Crippen LogP contribution in [0.1, 0.15) is 129 Å². The standard InChI is InChI=1S/C18H36O2.C9H22NO2/c1-2-3-4-5-6-7-8-9-10-11-12-13-14-15-16-17-18(19)20;1-3-4-5-10(2,6-8-11)7-9-12/h2-17H2,1H3,(H,19,20);11-12H,3-9H2,1-2H3/q;+1. The van der Waals surface area contributed by atoms with Gasteiger partial charge < -0.3 is 19.8 Å². The summed E-state index contributed by atoms with van der Waals surface area (Å²) in [6.45, 7) is 7.40. The van der Waals surface area contributed by atoms with Crippen LogP contribution < -0.4 is 0 Å². The van der Waals surface area contributed by atoms with Crippen LogP contribution in [0.3, 0.4) is 0 Å². The maximum absolute atomic E-state index is 10.3. The average molecular weight is 461 g/mol. The predicted octanol–water partition coefficient (Wildman–Crippen LogP) is 6.55. The summed E-state index contributed by atoms with van der Waals surface area (Å²) in [5.74, 6) is -0.653. The van der Waals surface area contributed by atoms with Crippen molar-refractivity contribution < 1.29 is 24.6 Å². The van der Waals surface area contributed by atoms with Gasteiger partial charge in [0.05, 0.1) is 26.8 Å². The number of aliphatic carboxylic acids is 1. The van der Waals surface area contributed by atoms with Gasteiger partial charge >= 0.3 is 5.97 Å². The van der Waals surface area contributed by atoms with E-state index in [1.54, 1.807) is 0 Å². The fourth-order valence-electron chi connectivity index (χ4n) is 4.01. The first-order chi connectivity index (χ1) is 15.5. The predicted molar refractivity (Wildman–Crippen MR) is 137 cm³/mol. The van der Waals surface area contributed by atoms with E-state index in [4.69, 9.17) is 15.3 Å². The van der Waals surface area contributed by atoms with E-state index in [0.29, 0.717) is 6.42 Å². The lowest BCUT2D eigenvalue weighted by Gasteiger charge is -2.33. The van der Waals surface area contributed by atoms with E-state index < -0.39 is 5.97 Å². The number of carboxylic acid groups (broad SMARTS) is 1. The van der Waals surface area contributed by atoms with E-state index in [9.17, 15) is 4.79 Å². The quantitative estimate of drug-likeness (QED) is 0.119. The zero-order chi connectivity index (χ0) is 24.3. The van der Waals surface area contributed by atoms with E-state index in [0.717, 1.165) is 43.4 Å². The number of likely N-dealkylation sites (N-methyl/N-ethyl adjacent to an activating group) is 1. The Kier molecular flexibility index (Phi) is 27.9. The Bertz CT molecular complexity index is 371. The second kappa shape index (κ2) is 26.6. The highest BCUT2D eigenvalue weighted by atomic mass is 16.4. The molecule has 0 saturated heterocycles. The van der Waals surface area contributed by atoms with E-state index in [1.807, 2.05) is 0 Å². The van der Waals surface area contributed by atoms with Gasteiger partial charge in [0.1, 0.15) is 13.1 Å². The van der Waals surface area contributed by atoms with Crippen molar-refractivity contribution in [2.75, 3.05) is 39.9 Å². The molecule has 0 rings (SSSR count). The Morgan fingerprint density at radius 1 is 0.562 bits per heavy atom. The van der Waals surface area contributed by atoms with Crippen LogP contribution in [0.15, 0.2) is 0 Å². The summed E-state index contributed by atoms with van der Waals surface area (Å²) in [6.07, 6.45) is 22.5. The largest absolute Gasteiger partial charge is 0.481 e. The molecule has 0 saturated carbocycles. The Morgan fingerprint density at radius 3 is 1.22 bits per heavy atom. The Hall–Kier alpha value is -0.650. The molecule has 0 aromatic rings. The number of nitrogens with zero attached hydrogens (tertiary/aromatic N) is 1. The molecule has 0 aliphatic heterocycles. The van der Waals surface area contributed by atoms with E-state index >= 15 is 0 Å². The molecule has 0 aliphatic carbocycles. The number of aliphatic hydroxyl groups excluding tert-OH is 2. The topological polar surface area (TPSA) is 77.8 Å². The van der Waals surface area contributed by atoms with E-state index in [2.05, 4.69) is 20.9 Å². The van der Waals surface area contributed by atoms with Crippen molar-refractivity contribution >= 4 is 5.97 Å². The fourth-order valence-corrected chi connectivity index (χ4v) is 4.01. The number of rotatable bonds is 23. The zero-order valence-corrected chi connectivity index (χ0v) is 22.0. The number of carbonyl (C=O) groups is 1. The molecule has 32 heavy (non-hydrogen) atoms. The van der Waals surface area contributed by atoms with Crippen molar-refractivity contribution in [3.63, 3.8) is 0 Å². The van der Waals surface area contributed by atoms with Crippen LogP contribution in [0.4, 0.5) is 0 Å². The maximum Gasteiger partial charge on any atom is 0.303 e. The van der Waals surface area contributed by atoms with Crippen molar-refractivity contribution in [1.29, 1.82) is 0 Å². The van der Waals surface area contributed by atoms with Crippen LogP contribution in [0, 0.1) is 0 Å². The Balaban J connectivity index is 0. The molecule has 194 valence electrons. The molecule has 0 heterocycles. The molecule has 3 N–H and O–H groups in total. The van der Waals surface area contributed by atoms with Gasteiger partial charge in [0, 0.05) is 6.42 Å². The van der Waals surface area contributed by atoms with E-state index in [-0.39, 0.29) is 13.2 Å². The normalized spacial score (nSPS) is 11.3. The summed E-state index contributed by atoms with van der Waals surface area (Å²) >= 11 is 0. The Morgan fingerprint density at radius 2 is 0.906 bits per heavy atom. The first-order valence-electron chi connectivity index (χ1n) is 13.7. The number of unbranched alkanes of at least 4 members (excludes halogenated alkanes) is 15. The van der Waals surface area contributed by atoms with Crippen molar-refractivity contribution in [2.24, 2.45) is 0 Å². The van der Waals surface area contributed by atoms with Gasteiger partial charge in [-0.1, -0.05) is 110 Å². The van der Waals surface area contributed by atoms with Gasteiger partial charge in [-0.25, -0.2) is 0 Å². The Labute approximate surface area is 200 Å². The van der Waals surface area contributed by atoms with Crippen molar-refractivity contribution in [1.82, 2.24) is 0 Å². The molecule has 0 unspecified atom stereocenters. The molecule has 0 radical (unpaired) electrons. The molecular formula is C27H58NO4+. The lowest BCUT2D eigenvalue weighted by Crippen LogP contribution is -2.48. The van der Waals surface area contributed by atoms with Crippen LogP contribution in [-0.2, 0) is 4.79 Å². The van der Waals surface area contributed by atoms with Crippen molar-refractivity contribution in [3.8, 4) is 0 Å². The minimum Gasteiger partial charge on any atom is -0.481 e. The smallest absolute Gasteiger partial charge is 0.303 e. The molecule has 5 heteroatoms. The first kappa shape index (κ1) is 33.5. The number of carboxylic acids is 1. The van der Waals surface area contributed by atoms with Crippen LogP contribution in [0.2, 0.25) is 0 Å². The van der Waals surface area contributed by atoms with Gasteiger partial charge in [0.15, 0.2) is 0 Å². The van der Waals surface area contributed by atoms with Gasteiger partial charge in [0.2, 0.25) is 0 Å². The molecule has 0 aromatic heterocycles. The lowest BCUT2D eigenvalue weighted by molar-refractivity contribution is -0.910. The molecule has 0 bridgehead atoms. The highest BCUT2D eigenvalue weighted by molar-refractivity contribution is 5.66. The summed E-state index contributed by atoms with van der Waals surface area (Å²) in [5, 5.41) is 26.2. The summed E-state index contributed by atoms with van der Waals surface area (Å²) < 4.78 is 0.792. The minimum absolute atomic E-state index is 0.209. The summed E-state index contributed by atoms with van der Waals surface area (Å²) in [7, 11) is 2.09. The first-order valence-corrected chi connectivity index (χ1v) is 13.7. The molecule has 0 aliphatic rings. The molecule has 0 aromatic carbocycles. The highest BCUT2D eigenvalue weighted by Gasteiger charge is 2.18. The van der Waals surface area contributed by atoms with Crippen LogP contribution >= 0.6 is 0 Å². The van der Waals surface area contributed by atoms with Gasteiger partial charge in [0.25, 0.3) is 0 Å². The van der Waals surface area contributed by atoms with Crippen LogP contribution in [-0.4, -0.2) is 65.7 Å². The molecule has 0 amide bonds. The monoisotopic (exact) mass is 460 g/mol. The van der Waals surface area contributed by atoms with Crippen LogP contribution in [0.25, 0.3) is 0 Å². The molecule has 0 spiro atoms. The summed E-state index contributed by atoms with van der Waals surface area (Å²) in [4.78, 5) is 10.3. The van der Waals surface area contributed by atoms with Gasteiger partial charge in [-0.2, -0.15) is 0 Å². The molecular weight excluding hydrogens is 402 g/mol. The number of hydrogen-bond donors (Lipinski definition) is 3. The number of quaternary nitrogens is 1. The highest BCUT2D eigenvalue weighted by Crippen LogP contribution is 2.13. The average Bonchev–Trinajstić information content (AvgIpc) is 2.75. The second-order valence-electron chi connectivity index (χ2n) is 9.68. The van der Waals surface area contributed by atoms with Gasteiger partial charge in [-0.15, -0.1) is 0 Å². The third-order valence-electron chi connectivity index (χ3n) is 6.33.